The van der Waals surface area contributed by atoms with E-state index in [1.165, 1.54) is 23.1 Å². The van der Waals surface area contributed by atoms with Gasteiger partial charge in [-0.05, 0) is 69.1 Å². The van der Waals surface area contributed by atoms with E-state index in [1.807, 2.05) is 0 Å². The fourth-order valence-electron chi connectivity index (χ4n) is 4.45. The first-order valence-electron chi connectivity index (χ1n) is 9.52. The Bertz CT molecular complexity index is 1190. The van der Waals surface area contributed by atoms with E-state index in [-0.39, 0.29) is 33.9 Å². The molecule has 2 unspecified atom stereocenters. The Kier molecular flexibility index (Phi) is 4.76. The molecule has 162 valence electrons. The van der Waals surface area contributed by atoms with E-state index >= 15 is 0 Å². The van der Waals surface area contributed by atoms with Gasteiger partial charge in [0.15, 0.2) is 5.69 Å². The molecule has 13 heteroatoms. The highest BCUT2D eigenvalue weighted by Gasteiger charge is 2.43. The molecule has 1 amide bonds. The summed E-state index contributed by atoms with van der Waals surface area (Å²) in [5.74, 6) is -0.344. The standard InChI is InChI=1S/C18H16BrFN6O5/c19-12-5-11(1-2-13(12)20)26-16(24-30-18(26)29)14-15(23-31-22-14)21-10-3-8-6-25(17(27)28)7-9(8)4-10/h1-2,5,8-10H,3-4,6-7H2,(H,21,23)(H,27,28). The van der Waals surface area contributed by atoms with E-state index in [9.17, 15) is 19.1 Å². The van der Waals surface area contributed by atoms with E-state index in [4.69, 9.17) is 9.15 Å². The minimum atomic E-state index is -0.890. The number of amides is 1. The molecule has 3 aromatic rings. The summed E-state index contributed by atoms with van der Waals surface area (Å²) >= 11 is 3.10. The first-order chi connectivity index (χ1) is 14.9. The van der Waals surface area contributed by atoms with Gasteiger partial charge >= 0.3 is 11.8 Å². The Morgan fingerprint density at radius 1 is 1.23 bits per heavy atom. The molecule has 1 aliphatic heterocycles. The van der Waals surface area contributed by atoms with Crippen molar-refractivity contribution in [3.05, 3.63) is 39.0 Å². The molecule has 2 N–H and O–H groups in total. The van der Waals surface area contributed by atoms with Gasteiger partial charge in [0.2, 0.25) is 11.6 Å². The molecular weight excluding hydrogens is 479 g/mol. The highest BCUT2D eigenvalue weighted by molar-refractivity contribution is 9.10. The minimum absolute atomic E-state index is 0.0450. The largest absolute Gasteiger partial charge is 0.465 e. The van der Waals surface area contributed by atoms with E-state index in [2.05, 4.69) is 36.7 Å². The van der Waals surface area contributed by atoms with Crippen molar-refractivity contribution >= 4 is 27.8 Å². The van der Waals surface area contributed by atoms with Crippen molar-refractivity contribution in [1.29, 1.82) is 0 Å². The molecule has 0 radical (unpaired) electrons. The van der Waals surface area contributed by atoms with Crippen LogP contribution in [0.4, 0.5) is 15.0 Å². The summed E-state index contributed by atoms with van der Waals surface area (Å²) in [6.45, 7) is 1.04. The predicted octanol–water partition coefficient (Wildman–Crippen LogP) is 2.58. The first-order valence-corrected chi connectivity index (χ1v) is 10.3. The van der Waals surface area contributed by atoms with Crippen LogP contribution in [0.3, 0.4) is 0 Å². The molecule has 3 heterocycles. The number of rotatable bonds is 4. The number of benzene rings is 1. The van der Waals surface area contributed by atoms with Crippen LogP contribution in [0.1, 0.15) is 12.8 Å². The van der Waals surface area contributed by atoms with Crippen molar-refractivity contribution in [3.8, 4) is 17.2 Å². The SMILES string of the molecule is O=C(O)N1CC2CC(Nc3nonc3-c3noc(=O)n3-c3ccc(F)c(Br)c3)CC2C1. The molecule has 1 aliphatic carbocycles. The Morgan fingerprint density at radius 2 is 1.97 bits per heavy atom. The number of hydrogen-bond donors (Lipinski definition) is 2. The van der Waals surface area contributed by atoms with Gasteiger partial charge in [-0.2, -0.15) is 0 Å². The summed E-state index contributed by atoms with van der Waals surface area (Å²) in [6, 6.07) is 4.09. The molecule has 1 saturated heterocycles. The number of nitrogens with one attached hydrogen (secondary N) is 1. The molecule has 0 bridgehead atoms. The van der Waals surface area contributed by atoms with Crippen LogP contribution in [-0.4, -0.2) is 55.3 Å². The number of halogens is 2. The molecule has 1 saturated carbocycles. The van der Waals surface area contributed by atoms with Gasteiger partial charge in [-0.3, -0.25) is 4.52 Å². The Labute approximate surface area is 181 Å². The second kappa shape index (κ2) is 7.48. The third-order valence-corrected chi connectivity index (χ3v) is 6.44. The number of nitrogens with zero attached hydrogens (tertiary/aromatic N) is 5. The van der Waals surface area contributed by atoms with Crippen LogP contribution in [0, 0.1) is 17.7 Å². The van der Waals surface area contributed by atoms with Crippen LogP contribution < -0.4 is 11.1 Å². The molecule has 11 nitrogen and oxygen atoms in total. The van der Waals surface area contributed by atoms with E-state index in [0.29, 0.717) is 24.6 Å². The highest BCUT2D eigenvalue weighted by atomic mass is 79.9. The van der Waals surface area contributed by atoms with Crippen LogP contribution >= 0.6 is 15.9 Å². The molecule has 31 heavy (non-hydrogen) atoms. The average molecular weight is 495 g/mol. The molecule has 5 rings (SSSR count). The third kappa shape index (κ3) is 3.48. The van der Waals surface area contributed by atoms with Crippen molar-refractivity contribution in [2.75, 3.05) is 18.4 Å². The molecule has 2 fully saturated rings. The second-order valence-corrected chi connectivity index (χ2v) is 8.54. The maximum atomic E-state index is 13.6. The lowest BCUT2D eigenvalue weighted by molar-refractivity contribution is 0.152. The molecule has 0 spiro atoms. The second-order valence-electron chi connectivity index (χ2n) is 7.69. The quantitative estimate of drug-likeness (QED) is 0.559. The average Bonchev–Trinajstić information content (AvgIpc) is 3.47. The van der Waals surface area contributed by atoms with E-state index < -0.39 is 17.7 Å². The summed E-state index contributed by atoms with van der Waals surface area (Å²) in [6.07, 6.45) is 0.660. The van der Waals surface area contributed by atoms with Gasteiger partial charge in [0.25, 0.3) is 0 Å². The predicted molar refractivity (Wildman–Crippen MR) is 106 cm³/mol. The Balaban J connectivity index is 1.39. The number of anilines is 1. The zero-order valence-corrected chi connectivity index (χ0v) is 17.5. The summed E-state index contributed by atoms with van der Waals surface area (Å²) in [7, 11) is 0. The maximum absolute atomic E-state index is 13.6. The van der Waals surface area contributed by atoms with Crippen molar-refractivity contribution in [2.45, 2.75) is 18.9 Å². The number of fused-ring (bicyclic) bond motifs is 1. The molecule has 2 atom stereocenters. The number of likely N-dealkylation sites (tertiary alicyclic amines) is 1. The van der Waals surface area contributed by atoms with Crippen molar-refractivity contribution in [3.63, 3.8) is 0 Å². The van der Waals surface area contributed by atoms with Crippen LogP contribution in [0.2, 0.25) is 0 Å². The van der Waals surface area contributed by atoms with Crippen molar-refractivity contribution in [2.24, 2.45) is 11.8 Å². The zero-order valence-electron chi connectivity index (χ0n) is 15.9. The van der Waals surface area contributed by atoms with Gasteiger partial charge in [-0.1, -0.05) is 5.16 Å². The number of aromatic nitrogens is 4. The molecule has 2 aliphatic rings. The van der Waals surface area contributed by atoms with Gasteiger partial charge in [-0.15, -0.1) is 0 Å². The van der Waals surface area contributed by atoms with Crippen molar-refractivity contribution in [1.82, 2.24) is 24.9 Å². The maximum Gasteiger partial charge on any atom is 0.446 e. The molecule has 2 aromatic heterocycles. The van der Waals surface area contributed by atoms with Gasteiger partial charge in [0.05, 0.1) is 10.2 Å². The first kappa shape index (κ1) is 19.7. The van der Waals surface area contributed by atoms with Gasteiger partial charge in [0.1, 0.15) is 5.82 Å². The lowest BCUT2D eigenvalue weighted by Crippen LogP contribution is -2.29. The van der Waals surface area contributed by atoms with Crippen LogP contribution in [0.5, 0.6) is 0 Å². The normalized spacial score (nSPS) is 22.6. The Hall–Kier alpha value is -3.22. The molecule has 1 aromatic carbocycles. The van der Waals surface area contributed by atoms with Gasteiger partial charge in [-0.25, -0.2) is 23.2 Å². The van der Waals surface area contributed by atoms with E-state index in [1.54, 1.807) is 0 Å². The zero-order chi connectivity index (χ0) is 21.7. The number of hydrogen-bond acceptors (Lipinski definition) is 8. The van der Waals surface area contributed by atoms with Gasteiger partial charge in [0, 0.05) is 19.1 Å². The fraction of sp³-hybridized carbons (Fsp3) is 0.389. The smallest absolute Gasteiger partial charge is 0.446 e. The monoisotopic (exact) mass is 494 g/mol. The summed E-state index contributed by atoms with van der Waals surface area (Å²) in [4.78, 5) is 24.9. The summed E-state index contributed by atoms with van der Waals surface area (Å²) in [5, 5.41) is 24.0. The van der Waals surface area contributed by atoms with Crippen LogP contribution in [0.15, 0.2) is 36.6 Å². The van der Waals surface area contributed by atoms with Gasteiger partial charge < -0.3 is 15.3 Å². The summed E-state index contributed by atoms with van der Waals surface area (Å²) in [5.41, 5.74) is 0.503. The van der Waals surface area contributed by atoms with Crippen LogP contribution in [0.25, 0.3) is 17.2 Å². The van der Waals surface area contributed by atoms with E-state index in [0.717, 1.165) is 17.4 Å². The summed E-state index contributed by atoms with van der Waals surface area (Å²) < 4.78 is 24.6. The lowest BCUT2D eigenvalue weighted by atomic mass is 10.0. The number of carbonyl (C=O) groups is 1. The lowest BCUT2D eigenvalue weighted by Gasteiger charge is -2.17. The number of carboxylic acid groups (broad SMARTS) is 1. The minimum Gasteiger partial charge on any atom is -0.465 e. The molecular formula is C18H16BrFN6O5. The van der Waals surface area contributed by atoms with Crippen molar-refractivity contribution < 1.29 is 23.4 Å². The van der Waals surface area contributed by atoms with Crippen LogP contribution in [-0.2, 0) is 0 Å². The Morgan fingerprint density at radius 3 is 2.65 bits per heavy atom. The topological polar surface area (TPSA) is 140 Å². The highest BCUT2D eigenvalue weighted by Crippen LogP contribution is 2.40. The fourth-order valence-corrected chi connectivity index (χ4v) is 4.82. The third-order valence-electron chi connectivity index (χ3n) is 5.83.